The average Bonchev–Trinajstić information content (AvgIpc) is 2.69. The van der Waals surface area contributed by atoms with Gasteiger partial charge in [0, 0.05) is 16.0 Å². The SMILES string of the molecule is CC1CCC2(CC1)C(C#N)=C(SCC(=O)c1ccc(Cl)cc1)NC(=O)[C@@H]2C#N. The molecule has 2 aliphatic rings. The molecule has 0 saturated heterocycles. The van der Waals surface area contributed by atoms with E-state index in [0.29, 0.717) is 39.9 Å². The molecule has 5 nitrogen and oxygen atoms in total. The lowest BCUT2D eigenvalue weighted by atomic mass is 9.59. The number of nitrogens with one attached hydrogen (secondary N) is 1. The molecule has 1 spiro atoms. The zero-order valence-corrected chi connectivity index (χ0v) is 17.1. The van der Waals surface area contributed by atoms with E-state index in [4.69, 9.17) is 11.6 Å². The maximum Gasteiger partial charge on any atom is 0.243 e. The van der Waals surface area contributed by atoms with Gasteiger partial charge in [-0.15, -0.1) is 0 Å². The first-order valence-electron chi connectivity index (χ1n) is 9.18. The second-order valence-electron chi connectivity index (χ2n) is 7.42. The summed E-state index contributed by atoms with van der Waals surface area (Å²) in [7, 11) is 0. The van der Waals surface area contributed by atoms with Gasteiger partial charge in [-0.2, -0.15) is 10.5 Å². The maximum atomic E-state index is 12.6. The van der Waals surface area contributed by atoms with Crippen molar-refractivity contribution in [2.45, 2.75) is 32.6 Å². The van der Waals surface area contributed by atoms with Gasteiger partial charge in [-0.05, 0) is 55.9 Å². The van der Waals surface area contributed by atoms with Crippen LogP contribution < -0.4 is 5.32 Å². The fraction of sp³-hybridized carbons (Fsp3) is 0.429. The van der Waals surface area contributed by atoms with Crippen molar-refractivity contribution in [3.63, 3.8) is 0 Å². The molecule has 0 bridgehead atoms. The van der Waals surface area contributed by atoms with Crippen LogP contribution in [0.15, 0.2) is 34.9 Å². The Morgan fingerprint density at radius 3 is 2.50 bits per heavy atom. The second kappa shape index (κ2) is 8.39. The van der Waals surface area contributed by atoms with E-state index in [1.165, 1.54) is 0 Å². The predicted molar refractivity (Wildman–Crippen MR) is 108 cm³/mol. The van der Waals surface area contributed by atoms with Crippen LogP contribution >= 0.6 is 23.4 Å². The van der Waals surface area contributed by atoms with Gasteiger partial charge in [-0.1, -0.05) is 30.3 Å². The lowest BCUT2D eigenvalue weighted by molar-refractivity contribution is -0.127. The summed E-state index contributed by atoms with van der Waals surface area (Å²) in [6.45, 7) is 2.15. The van der Waals surface area contributed by atoms with Gasteiger partial charge in [0.05, 0.1) is 28.5 Å². The largest absolute Gasteiger partial charge is 0.319 e. The van der Waals surface area contributed by atoms with Crippen LogP contribution in [-0.4, -0.2) is 17.4 Å². The number of ketones is 1. The number of Topliss-reactive ketones (excluding diaryl/α,β-unsaturated/α-hetero) is 1. The molecule has 1 aromatic rings. The molecule has 0 aromatic heterocycles. The van der Waals surface area contributed by atoms with Crippen LogP contribution in [0.3, 0.4) is 0 Å². The molecule has 1 fully saturated rings. The maximum absolute atomic E-state index is 12.6. The van der Waals surface area contributed by atoms with E-state index in [9.17, 15) is 20.1 Å². The Balaban J connectivity index is 1.88. The number of carbonyl (C=O) groups is 2. The highest BCUT2D eigenvalue weighted by molar-refractivity contribution is 8.03. The number of nitrogens with zero attached hydrogens (tertiary/aromatic N) is 2. The molecule has 0 unspecified atom stereocenters. The molecular weight excluding hydrogens is 394 g/mol. The van der Waals surface area contributed by atoms with Crippen molar-refractivity contribution >= 4 is 35.1 Å². The molecule has 1 saturated carbocycles. The van der Waals surface area contributed by atoms with E-state index in [-0.39, 0.29) is 17.4 Å². The number of hydrogen-bond donors (Lipinski definition) is 1. The fourth-order valence-corrected chi connectivity index (χ4v) is 5.13. The molecule has 3 rings (SSSR count). The minimum Gasteiger partial charge on any atom is -0.319 e. The van der Waals surface area contributed by atoms with Crippen molar-refractivity contribution in [2.75, 3.05) is 5.75 Å². The number of carbonyl (C=O) groups excluding carboxylic acids is 2. The highest BCUT2D eigenvalue weighted by atomic mass is 35.5. The third-order valence-electron chi connectivity index (χ3n) is 5.70. The van der Waals surface area contributed by atoms with Crippen LogP contribution in [0.4, 0.5) is 0 Å². The summed E-state index contributed by atoms with van der Waals surface area (Å²) >= 11 is 7.01. The number of nitriles is 2. The number of hydrogen-bond acceptors (Lipinski definition) is 5. The van der Waals surface area contributed by atoms with E-state index in [1.54, 1.807) is 24.3 Å². The first kappa shape index (κ1) is 20.5. The van der Waals surface area contributed by atoms with Gasteiger partial charge >= 0.3 is 0 Å². The van der Waals surface area contributed by atoms with E-state index >= 15 is 0 Å². The normalized spacial score (nSPS) is 27.1. The Labute approximate surface area is 173 Å². The van der Waals surface area contributed by atoms with Crippen molar-refractivity contribution in [3.8, 4) is 12.1 Å². The molecule has 1 atom stereocenters. The third kappa shape index (κ3) is 3.81. The number of halogens is 1. The molecule has 1 N–H and O–H groups in total. The summed E-state index contributed by atoms with van der Waals surface area (Å²) in [5.41, 5.74) is 0.220. The average molecular weight is 414 g/mol. The monoisotopic (exact) mass is 413 g/mol. The van der Waals surface area contributed by atoms with E-state index in [1.807, 2.05) is 0 Å². The van der Waals surface area contributed by atoms with Gasteiger partial charge in [0.25, 0.3) is 0 Å². The predicted octanol–water partition coefficient (Wildman–Crippen LogP) is 4.46. The molecule has 144 valence electrons. The quantitative estimate of drug-likeness (QED) is 0.735. The Morgan fingerprint density at radius 2 is 1.93 bits per heavy atom. The Hall–Kier alpha value is -2.28. The van der Waals surface area contributed by atoms with E-state index in [0.717, 1.165) is 24.6 Å². The lowest BCUT2D eigenvalue weighted by Crippen LogP contribution is -2.49. The molecule has 1 amide bonds. The summed E-state index contributed by atoms with van der Waals surface area (Å²) in [4.78, 5) is 25.1. The summed E-state index contributed by atoms with van der Waals surface area (Å²) < 4.78 is 0. The zero-order valence-electron chi connectivity index (χ0n) is 15.5. The fourth-order valence-electron chi connectivity index (χ4n) is 3.99. The molecular formula is C21H20ClN3O2S. The zero-order chi connectivity index (χ0) is 20.3. The Morgan fingerprint density at radius 1 is 1.29 bits per heavy atom. The first-order chi connectivity index (χ1) is 13.4. The van der Waals surface area contributed by atoms with E-state index < -0.39 is 11.3 Å². The highest BCUT2D eigenvalue weighted by Crippen LogP contribution is 2.53. The third-order valence-corrected chi connectivity index (χ3v) is 6.95. The summed E-state index contributed by atoms with van der Waals surface area (Å²) in [6, 6.07) is 11.0. The van der Waals surface area contributed by atoms with Crippen LogP contribution in [0.5, 0.6) is 0 Å². The van der Waals surface area contributed by atoms with Gasteiger partial charge in [0.2, 0.25) is 5.91 Å². The van der Waals surface area contributed by atoms with Crippen molar-refractivity contribution in [2.24, 2.45) is 17.3 Å². The molecule has 1 aliphatic heterocycles. The Kier molecular flexibility index (Phi) is 6.13. The minimum absolute atomic E-state index is 0.0894. The van der Waals surface area contributed by atoms with Gasteiger partial charge < -0.3 is 5.32 Å². The van der Waals surface area contributed by atoms with Crippen molar-refractivity contribution in [1.29, 1.82) is 10.5 Å². The highest BCUT2D eigenvalue weighted by Gasteiger charge is 2.52. The number of amides is 1. The summed E-state index contributed by atoms with van der Waals surface area (Å²) in [5.74, 6) is -0.762. The molecule has 0 radical (unpaired) electrons. The first-order valence-corrected chi connectivity index (χ1v) is 10.5. The molecule has 28 heavy (non-hydrogen) atoms. The number of rotatable bonds is 4. The van der Waals surface area contributed by atoms with Crippen molar-refractivity contribution in [1.82, 2.24) is 5.32 Å². The molecule has 1 heterocycles. The lowest BCUT2D eigenvalue weighted by Gasteiger charge is -2.44. The molecule has 7 heteroatoms. The Bertz CT molecular complexity index is 903. The minimum atomic E-state index is -0.869. The molecule has 1 aromatic carbocycles. The van der Waals surface area contributed by atoms with Crippen LogP contribution in [0, 0.1) is 39.9 Å². The topological polar surface area (TPSA) is 93.8 Å². The summed E-state index contributed by atoms with van der Waals surface area (Å²) in [5, 5.41) is 23.2. The van der Waals surface area contributed by atoms with Gasteiger partial charge in [-0.25, -0.2) is 0 Å². The number of allylic oxidation sites excluding steroid dienone is 1. The number of benzene rings is 1. The number of thioether (sulfide) groups is 1. The second-order valence-corrected chi connectivity index (χ2v) is 8.85. The molecule has 1 aliphatic carbocycles. The van der Waals surface area contributed by atoms with Gasteiger partial charge in [0.1, 0.15) is 5.92 Å². The van der Waals surface area contributed by atoms with Crippen LogP contribution in [-0.2, 0) is 4.79 Å². The van der Waals surface area contributed by atoms with Gasteiger partial charge in [0.15, 0.2) is 5.78 Å². The standard InChI is InChI=1S/C21H20ClN3O2S/c1-13-6-8-21(9-7-13)16(10-23)19(27)25-20(17(21)11-24)28-12-18(26)14-2-4-15(22)5-3-14/h2-5,13,16H,6-9,12H2,1H3,(H,25,27)/t13?,16-,21?/m0/s1. The van der Waals surface area contributed by atoms with Gasteiger partial charge in [-0.3, -0.25) is 9.59 Å². The van der Waals surface area contributed by atoms with Crippen molar-refractivity contribution in [3.05, 3.63) is 45.5 Å². The summed E-state index contributed by atoms with van der Waals surface area (Å²) in [6.07, 6.45) is 3.02. The van der Waals surface area contributed by atoms with E-state index in [2.05, 4.69) is 24.4 Å². The smallest absolute Gasteiger partial charge is 0.243 e. The van der Waals surface area contributed by atoms with Crippen molar-refractivity contribution < 1.29 is 9.59 Å². The van der Waals surface area contributed by atoms with Crippen LogP contribution in [0.2, 0.25) is 5.02 Å². The van der Waals surface area contributed by atoms with Crippen LogP contribution in [0.25, 0.3) is 0 Å². The van der Waals surface area contributed by atoms with Crippen LogP contribution in [0.1, 0.15) is 43.0 Å².